The van der Waals surface area contributed by atoms with Crippen molar-refractivity contribution < 1.29 is 43.4 Å². The van der Waals surface area contributed by atoms with Crippen LogP contribution in [0.5, 0.6) is 17.2 Å². The number of ether oxygens (including phenoxy) is 3. The van der Waals surface area contributed by atoms with E-state index in [1.54, 1.807) is 67.0 Å². The van der Waals surface area contributed by atoms with Gasteiger partial charge in [-0.3, -0.25) is 0 Å². The van der Waals surface area contributed by atoms with E-state index >= 15 is 0 Å². The van der Waals surface area contributed by atoms with Gasteiger partial charge in [-0.15, -0.1) is 0 Å². The van der Waals surface area contributed by atoms with Gasteiger partial charge in [-0.05, 0) is 66.3 Å². The van der Waals surface area contributed by atoms with Gasteiger partial charge in [0.05, 0.1) is 17.9 Å². The van der Waals surface area contributed by atoms with Crippen LogP contribution in [-0.4, -0.2) is 29.8 Å². The maximum Gasteiger partial charge on any atom is 0.387 e. The van der Waals surface area contributed by atoms with Crippen LogP contribution in [0.2, 0.25) is 10.0 Å². The number of anilines is 1. The van der Waals surface area contributed by atoms with Gasteiger partial charge in [0.15, 0.2) is 23.9 Å². The van der Waals surface area contributed by atoms with Gasteiger partial charge in [-0.1, -0.05) is 53.5 Å². The number of halogens is 4. The van der Waals surface area contributed by atoms with Crippen LogP contribution in [0.4, 0.5) is 14.5 Å². The van der Waals surface area contributed by atoms with Crippen LogP contribution >= 0.6 is 23.2 Å². The molecule has 1 atom stereocenters. The van der Waals surface area contributed by atoms with Gasteiger partial charge in [0, 0.05) is 18.5 Å². The largest absolute Gasteiger partial charge is 0.870 e. The smallest absolute Gasteiger partial charge is 0.387 e. The van der Waals surface area contributed by atoms with Gasteiger partial charge in [0.2, 0.25) is 0 Å². The summed E-state index contributed by atoms with van der Waals surface area (Å²) >= 11 is 12.9. The molecule has 0 unspecified atom stereocenters. The summed E-state index contributed by atoms with van der Waals surface area (Å²) in [6.45, 7) is -2.32. The van der Waals surface area contributed by atoms with Gasteiger partial charge in [0.1, 0.15) is 21.9 Å². The highest BCUT2D eigenvalue weighted by Crippen LogP contribution is 2.38. The second-order valence-corrected chi connectivity index (χ2v) is 11.0. The molecule has 1 saturated carbocycles. The molecule has 4 aromatic rings. The number of hydrogen-bond donors (Lipinski definition) is 2. The van der Waals surface area contributed by atoms with Gasteiger partial charge >= 0.3 is 12.6 Å². The summed E-state index contributed by atoms with van der Waals surface area (Å²) in [6, 6.07) is 18.2. The first kappa shape index (κ1) is 32.8. The number of phenolic OH excluding ortho intramolecular Hbond substituents is 1. The first-order valence-electron chi connectivity index (χ1n) is 13.6. The number of benzene rings is 3. The number of esters is 1. The van der Waals surface area contributed by atoms with Gasteiger partial charge in [0.25, 0.3) is 0 Å². The van der Waals surface area contributed by atoms with E-state index in [0.29, 0.717) is 51.5 Å². The highest BCUT2D eigenvalue weighted by Gasteiger charge is 2.26. The van der Waals surface area contributed by atoms with Crippen LogP contribution in [0.1, 0.15) is 46.0 Å². The molecule has 0 amide bonds. The zero-order valence-corrected chi connectivity index (χ0v) is 24.8. The summed E-state index contributed by atoms with van der Waals surface area (Å²) in [6.07, 6.45) is 4.34. The number of aromatic amines is 1. The summed E-state index contributed by atoms with van der Waals surface area (Å²) < 4.78 is 42.8. The summed E-state index contributed by atoms with van der Waals surface area (Å²) in [7, 11) is 0. The van der Waals surface area contributed by atoms with Crippen LogP contribution in [0.15, 0.2) is 79.1 Å². The number of phenols is 1. The standard InChI is InChI=1S/C32H28Cl2F2N2O5.H2O/c33-24-16-37-17-25(34)23(24)14-29(21-10-11-28(43-32(35)36)30(13-21)41-18-19-8-9-19)42-31(40)22-5-3-4-20(12-22)15-38-26-6-1-2-7-27(26)39;/h1-7,10-13,16-17,19,29,32,38-39H,8-9,14-15,18H2;1H2/t29-;/m0./s1. The maximum atomic E-state index is 13.5. The zero-order chi connectivity index (χ0) is 30.3. The number of pyridine rings is 1. The predicted molar refractivity (Wildman–Crippen MR) is 160 cm³/mol. The second kappa shape index (κ2) is 15.1. The Balaban J connectivity index is 0.00000442. The molecule has 1 aliphatic rings. The molecular formula is C32H30Cl2F2N2O6. The number of aromatic hydroxyl groups is 1. The molecule has 1 heterocycles. The molecule has 1 aliphatic carbocycles. The van der Waals surface area contributed by atoms with E-state index in [1.165, 1.54) is 6.07 Å². The Morgan fingerprint density at radius 1 is 1.00 bits per heavy atom. The van der Waals surface area contributed by atoms with E-state index in [2.05, 4.69) is 15.0 Å². The SMILES string of the molecule is O=C(O[C@@H](Cc1c(Cl)c[nH+]cc1Cl)c1ccc(OC(F)F)c(OCC2CC2)c1)c1cccc(CNc2ccccc2O)c1.[OH-]. The average Bonchev–Trinajstić information content (AvgIpc) is 3.82. The van der Waals surface area contributed by atoms with E-state index in [9.17, 15) is 18.7 Å². The molecule has 0 saturated heterocycles. The first-order valence-corrected chi connectivity index (χ1v) is 14.4. The summed E-state index contributed by atoms with van der Waals surface area (Å²) in [4.78, 5) is 16.3. The monoisotopic (exact) mass is 646 g/mol. The minimum atomic E-state index is -3.03. The van der Waals surface area contributed by atoms with Crippen molar-refractivity contribution in [3.8, 4) is 17.2 Å². The van der Waals surface area contributed by atoms with Gasteiger partial charge in [-0.2, -0.15) is 8.78 Å². The fraction of sp³-hybridized carbons (Fsp3) is 0.250. The number of rotatable bonds is 13. The van der Waals surface area contributed by atoms with Crippen molar-refractivity contribution in [1.82, 2.24) is 0 Å². The van der Waals surface area contributed by atoms with Gasteiger partial charge in [-0.25, -0.2) is 9.78 Å². The van der Waals surface area contributed by atoms with Crippen molar-refractivity contribution in [3.05, 3.63) is 111 Å². The predicted octanol–water partition coefficient (Wildman–Crippen LogP) is 7.48. The van der Waals surface area contributed by atoms with E-state index < -0.39 is 18.7 Å². The summed E-state index contributed by atoms with van der Waals surface area (Å²) in [5.74, 6) is -0.122. The Morgan fingerprint density at radius 3 is 2.45 bits per heavy atom. The Hall–Kier alpha value is -4.12. The normalized spacial score (nSPS) is 13.1. The molecule has 1 fully saturated rings. The third kappa shape index (κ3) is 8.72. The van der Waals surface area contributed by atoms with E-state index in [0.717, 1.165) is 18.4 Å². The Bertz CT molecular complexity index is 1570. The van der Waals surface area contributed by atoms with E-state index in [4.69, 9.17) is 32.7 Å². The number of para-hydroxylation sites is 2. The first-order chi connectivity index (χ1) is 20.8. The number of carbonyl (C=O) groups excluding carboxylic acids is 1. The third-order valence-electron chi connectivity index (χ3n) is 6.91. The van der Waals surface area contributed by atoms with Crippen molar-refractivity contribution in [1.29, 1.82) is 0 Å². The molecular weight excluding hydrogens is 617 g/mol. The molecule has 0 spiro atoms. The van der Waals surface area contributed by atoms with Crippen molar-refractivity contribution >= 4 is 34.9 Å². The minimum absolute atomic E-state index is 0. The van der Waals surface area contributed by atoms with Gasteiger partial charge < -0.3 is 30.1 Å². The average molecular weight is 648 g/mol. The Kier molecular flexibility index (Phi) is 11.2. The lowest BCUT2D eigenvalue weighted by Gasteiger charge is -2.21. The molecule has 232 valence electrons. The summed E-state index contributed by atoms with van der Waals surface area (Å²) in [5.41, 5.74) is 2.65. The number of alkyl halides is 2. The number of nitrogens with one attached hydrogen (secondary N) is 2. The highest BCUT2D eigenvalue weighted by molar-refractivity contribution is 6.35. The Labute approximate surface area is 262 Å². The minimum Gasteiger partial charge on any atom is -0.870 e. The molecule has 8 nitrogen and oxygen atoms in total. The molecule has 5 rings (SSSR count). The highest BCUT2D eigenvalue weighted by atomic mass is 35.5. The number of hydrogen-bond acceptors (Lipinski definition) is 7. The van der Waals surface area contributed by atoms with E-state index in [1.807, 2.05) is 6.07 Å². The van der Waals surface area contributed by atoms with Crippen LogP contribution in [0.25, 0.3) is 0 Å². The van der Waals surface area contributed by atoms with Crippen molar-refractivity contribution in [2.75, 3.05) is 11.9 Å². The van der Waals surface area contributed by atoms with Crippen LogP contribution < -0.4 is 19.8 Å². The summed E-state index contributed by atoms with van der Waals surface area (Å²) in [5, 5.41) is 13.9. The lowest BCUT2D eigenvalue weighted by Crippen LogP contribution is -2.16. The molecule has 0 bridgehead atoms. The molecule has 1 aromatic heterocycles. The van der Waals surface area contributed by atoms with Crippen LogP contribution in [0, 0.1) is 5.92 Å². The van der Waals surface area contributed by atoms with Crippen LogP contribution in [-0.2, 0) is 17.7 Å². The third-order valence-corrected chi connectivity index (χ3v) is 7.59. The number of carbonyl (C=O) groups is 1. The van der Waals surface area contributed by atoms with E-state index in [-0.39, 0.29) is 29.1 Å². The topological polar surface area (TPSA) is 121 Å². The number of H-pyrrole nitrogens is 1. The van der Waals surface area contributed by atoms with Crippen LogP contribution in [0.3, 0.4) is 0 Å². The quantitative estimate of drug-likeness (QED) is 0.114. The fourth-order valence-corrected chi connectivity index (χ4v) is 4.97. The van der Waals surface area contributed by atoms with Crippen molar-refractivity contribution in [2.24, 2.45) is 5.92 Å². The lowest BCUT2D eigenvalue weighted by molar-refractivity contribution is -0.377. The zero-order valence-electron chi connectivity index (χ0n) is 23.3. The molecule has 12 heteroatoms. The number of aromatic nitrogens is 1. The molecule has 3 aromatic carbocycles. The molecule has 44 heavy (non-hydrogen) atoms. The molecule has 0 aliphatic heterocycles. The van der Waals surface area contributed by atoms with Crippen molar-refractivity contribution in [3.63, 3.8) is 0 Å². The van der Waals surface area contributed by atoms with Crippen molar-refractivity contribution in [2.45, 2.75) is 38.5 Å². The molecule has 4 N–H and O–H groups in total. The molecule has 0 radical (unpaired) electrons. The lowest BCUT2D eigenvalue weighted by atomic mass is 10.0. The fourth-order valence-electron chi connectivity index (χ4n) is 4.43. The Morgan fingerprint density at radius 2 is 1.75 bits per heavy atom. The second-order valence-electron chi connectivity index (χ2n) is 10.1. The maximum absolute atomic E-state index is 13.5.